The smallest absolute Gasteiger partial charge is 0.292 e. The summed E-state index contributed by atoms with van der Waals surface area (Å²) in [4.78, 5) is 31.7. The van der Waals surface area contributed by atoms with E-state index in [9.17, 15) is 9.59 Å². The van der Waals surface area contributed by atoms with Crippen LogP contribution >= 0.6 is 0 Å². The summed E-state index contributed by atoms with van der Waals surface area (Å²) in [5, 5.41) is 5.30. The molecule has 3 aromatic rings. The quantitative estimate of drug-likeness (QED) is 0.772. The molecule has 7 nitrogen and oxygen atoms in total. The van der Waals surface area contributed by atoms with Crippen molar-refractivity contribution in [2.75, 3.05) is 10.6 Å². The summed E-state index contributed by atoms with van der Waals surface area (Å²) in [6.07, 6.45) is 5.96. The van der Waals surface area contributed by atoms with Crippen LogP contribution < -0.4 is 10.6 Å². The van der Waals surface area contributed by atoms with Crippen LogP contribution in [0.5, 0.6) is 0 Å². The van der Waals surface area contributed by atoms with Crippen molar-refractivity contribution in [3.63, 3.8) is 0 Å². The highest BCUT2D eigenvalue weighted by atomic mass is 16.3. The van der Waals surface area contributed by atoms with E-state index in [1.807, 2.05) is 0 Å². The van der Waals surface area contributed by atoms with Gasteiger partial charge in [0.2, 0.25) is 0 Å². The van der Waals surface area contributed by atoms with Crippen LogP contribution in [0.25, 0.3) is 0 Å². The second-order valence-electron chi connectivity index (χ2n) is 4.55. The first kappa shape index (κ1) is 14.5. The van der Waals surface area contributed by atoms with Gasteiger partial charge in [-0.25, -0.2) is 4.98 Å². The molecule has 3 aromatic heterocycles. The molecule has 0 bridgehead atoms. The number of nitrogens with one attached hydrogen (secondary N) is 2. The van der Waals surface area contributed by atoms with Crippen LogP contribution in [0.3, 0.4) is 0 Å². The van der Waals surface area contributed by atoms with Crippen molar-refractivity contribution in [1.29, 1.82) is 0 Å². The van der Waals surface area contributed by atoms with Gasteiger partial charge in [0.25, 0.3) is 11.8 Å². The number of pyridine rings is 2. The molecule has 0 unspecified atom stereocenters. The highest BCUT2D eigenvalue weighted by Crippen LogP contribution is 2.12. The van der Waals surface area contributed by atoms with Crippen molar-refractivity contribution in [3.8, 4) is 0 Å². The summed E-state index contributed by atoms with van der Waals surface area (Å²) < 4.78 is 4.99. The Kier molecular flexibility index (Phi) is 4.10. The summed E-state index contributed by atoms with van der Waals surface area (Å²) in [5.41, 5.74) is 1.01. The van der Waals surface area contributed by atoms with E-state index in [-0.39, 0.29) is 11.7 Å². The number of amides is 2. The summed E-state index contributed by atoms with van der Waals surface area (Å²) in [7, 11) is 0. The highest BCUT2D eigenvalue weighted by Gasteiger charge is 2.10. The highest BCUT2D eigenvalue weighted by molar-refractivity contribution is 6.04. The minimum absolute atomic E-state index is 0.196. The molecular weight excluding hydrogens is 296 g/mol. The lowest BCUT2D eigenvalue weighted by Gasteiger charge is -2.06. The number of rotatable bonds is 4. The lowest BCUT2D eigenvalue weighted by molar-refractivity contribution is 0.0994. The summed E-state index contributed by atoms with van der Waals surface area (Å²) in [6, 6.07) is 9.63. The van der Waals surface area contributed by atoms with Crippen LogP contribution in [0.2, 0.25) is 0 Å². The second-order valence-corrected chi connectivity index (χ2v) is 4.55. The first-order valence-electron chi connectivity index (χ1n) is 6.74. The maximum Gasteiger partial charge on any atom is 0.292 e. The van der Waals surface area contributed by atoms with Crippen molar-refractivity contribution < 1.29 is 14.0 Å². The van der Waals surface area contributed by atoms with E-state index in [1.54, 1.807) is 48.8 Å². The molecule has 0 aliphatic rings. The van der Waals surface area contributed by atoms with E-state index in [2.05, 4.69) is 20.6 Å². The van der Waals surface area contributed by atoms with Gasteiger partial charge in [0, 0.05) is 18.0 Å². The van der Waals surface area contributed by atoms with Crippen LogP contribution in [0.1, 0.15) is 20.9 Å². The molecule has 0 spiro atoms. The fraction of sp³-hybridized carbons (Fsp3) is 0. The molecule has 0 aromatic carbocycles. The van der Waals surface area contributed by atoms with E-state index in [0.717, 1.165) is 0 Å². The van der Waals surface area contributed by atoms with Crippen molar-refractivity contribution in [2.45, 2.75) is 0 Å². The molecule has 0 fully saturated rings. The molecule has 23 heavy (non-hydrogen) atoms. The number of hydrogen-bond acceptors (Lipinski definition) is 5. The van der Waals surface area contributed by atoms with E-state index in [4.69, 9.17) is 4.42 Å². The van der Waals surface area contributed by atoms with Crippen molar-refractivity contribution >= 4 is 23.3 Å². The second kappa shape index (κ2) is 6.52. The Balaban J connectivity index is 1.63. The number of carbonyl (C=O) groups excluding carboxylic acids is 2. The topological polar surface area (TPSA) is 97.1 Å². The average molecular weight is 308 g/mol. The molecule has 7 heteroatoms. The van der Waals surface area contributed by atoms with Crippen molar-refractivity contribution in [2.24, 2.45) is 0 Å². The number of aromatic nitrogens is 2. The van der Waals surface area contributed by atoms with E-state index >= 15 is 0 Å². The zero-order chi connectivity index (χ0) is 16.1. The Bertz CT molecular complexity index is 799. The number of carbonyl (C=O) groups is 2. The Labute approximate surface area is 131 Å². The Morgan fingerprint density at radius 2 is 1.78 bits per heavy atom. The fourth-order valence-corrected chi connectivity index (χ4v) is 1.83. The third kappa shape index (κ3) is 3.59. The zero-order valence-corrected chi connectivity index (χ0v) is 11.9. The molecule has 114 valence electrons. The first-order chi connectivity index (χ1) is 11.2. The minimum atomic E-state index is -0.393. The standard InChI is InChI=1S/C16H12N4O3/c21-15(11-5-7-17-8-6-11)19-12-3-4-14(18-10-12)20-16(22)13-2-1-9-23-13/h1-10H,(H,19,21)(H,18,20,22). The predicted octanol–water partition coefficient (Wildman–Crippen LogP) is 2.57. The summed E-state index contributed by atoms with van der Waals surface area (Å²) in [5.74, 6) is -0.104. The largest absolute Gasteiger partial charge is 0.459 e. The molecule has 0 atom stereocenters. The Hall–Kier alpha value is -3.48. The van der Waals surface area contributed by atoms with Gasteiger partial charge in [-0.1, -0.05) is 0 Å². The Morgan fingerprint density at radius 3 is 2.43 bits per heavy atom. The van der Waals surface area contributed by atoms with Crippen molar-refractivity contribution in [1.82, 2.24) is 9.97 Å². The Morgan fingerprint density at radius 1 is 0.957 bits per heavy atom. The summed E-state index contributed by atoms with van der Waals surface area (Å²) in [6.45, 7) is 0. The van der Waals surface area contributed by atoms with Crippen LogP contribution in [-0.4, -0.2) is 21.8 Å². The fourth-order valence-electron chi connectivity index (χ4n) is 1.83. The zero-order valence-electron chi connectivity index (χ0n) is 11.9. The molecule has 3 rings (SSSR count). The van der Waals surface area contributed by atoms with Gasteiger partial charge in [0.05, 0.1) is 18.1 Å². The molecule has 0 aliphatic carbocycles. The molecule has 0 aliphatic heterocycles. The van der Waals surface area contributed by atoms with E-state index in [0.29, 0.717) is 17.1 Å². The number of anilines is 2. The molecule has 2 N–H and O–H groups in total. The first-order valence-corrected chi connectivity index (χ1v) is 6.74. The van der Waals surface area contributed by atoms with Gasteiger partial charge in [-0.05, 0) is 36.4 Å². The number of hydrogen-bond donors (Lipinski definition) is 2. The van der Waals surface area contributed by atoms with Gasteiger partial charge in [0.15, 0.2) is 5.76 Å². The number of furan rings is 1. The normalized spacial score (nSPS) is 10.1. The lowest BCUT2D eigenvalue weighted by atomic mass is 10.2. The maximum absolute atomic E-state index is 12.0. The van der Waals surface area contributed by atoms with Crippen LogP contribution in [0.4, 0.5) is 11.5 Å². The summed E-state index contributed by atoms with van der Waals surface area (Å²) >= 11 is 0. The van der Waals surface area contributed by atoms with Crippen LogP contribution in [0.15, 0.2) is 65.7 Å². The van der Waals surface area contributed by atoms with Crippen LogP contribution in [-0.2, 0) is 0 Å². The van der Waals surface area contributed by atoms with Gasteiger partial charge in [-0.2, -0.15) is 0 Å². The van der Waals surface area contributed by atoms with Gasteiger partial charge < -0.3 is 15.1 Å². The molecule has 2 amide bonds. The maximum atomic E-state index is 12.0. The predicted molar refractivity (Wildman–Crippen MR) is 83.1 cm³/mol. The van der Waals surface area contributed by atoms with Gasteiger partial charge in [-0.15, -0.1) is 0 Å². The van der Waals surface area contributed by atoms with Crippen LogP contribution in [0, 0.1) is 0 Å². The van der Waals surface area contributed by atoms with Gasteiger partial charge >= 0.3 is 0 Å². The molecule has 0 saturated carbocycles. The van der Waals surface area contributed by atoms with Gasteiger partial charge in [0.1, 0.15) is 5.82 Å². The molecule has 3 heterocycles. The molecule has 0 saturated heterocycles. The minimum Gasteiger partial charge on any atom is -0.459 e. The lowest BCUT2D eigenvalue weighted by Crippen LogP contribution is -2.14. The number of nitrogens with zero attached hydrogens (tertiary/aromatic N) is 2. The third-order valence-corrected chi connectivity index (χ3v) is 2.95. The molecular formula is C16H12N4O3. The third-order valence-electron chi connectivity index (χ3n) is 2.95. The monoisotopic (exact) mass is 308 g/mol. The van der Waals surface area contributed by atoms with Gasteiger partial charge in [-0.3, -0.25) is 14.6 Å². The van der Waals surface area contributed by atoms with E-state index < -0.39 is 5.91 Å². The molecule has 0 radical (unpaired) electrons. The van der Waals surface area contributed by atoms with Crippen molar-refractivity contribution in [3.05, 3.63) is 72.6 Å². The SMILES string of the molecule is O=C(Nc1ccc(NC(=O)c2ccco2)nc1)c1ccncc1. The van der Waals surface area contributed by atoms with E-state index in [1.165, 1.54) is 12.5 Å². The average Bonchev–Trinajstić information content (AvgIpc) is 3.12.